The van der Waals surface area contributed by atoms with E-state index in [2.05, 4.69) is 0 Å². The quantitative estimate of drug-likeness (QED) is 0.443. The highest BCUT2D eigenvalue weighted by Crippen LogP contribution is 2.08. The number of nitrogens with two attached hydrogens (primary N) is 2. The van der Waals surface area contributed by atoms with Crippen LogP contribution in [0.4, 0.5) is 0 Å². The van der Waals surface area contributed by atoms with Crippen molar-refractivity contribution < 1.29 is 29.0 Å². The average molecular weight is 330 g/mol. The van der Waals surface area contributed by atoms with Gasteiger partial charge in [0.2, 0.25) is 0 Å². The third kappa shape index (κ3) is 9.04. The summed E-state index contributed by atoms with van der Waals surface area (Å²) in [5, 5.41) is 8.58. The molecule has 0 radical (unpaired) electrons. The number of ether oxygens (including phenoxy) is 1. The highest BCUT2D eigenvalue weighted by molar-refractivity contribution is 5.89. The van der Waals surface area contributed by atoms with Crippen LogP contribution < -0.4 is 11.5 Å². The number of carboxylic acids is 1. The largest absolute Gasteiger partial charge is 0.481 e. The molecule has 0 fully saturated rings. The van der Waals surface area contributed by atoms with E-state index in [1.807, 2.05) is 0 Å². The summed E-state index contributed by atoms with van der Waals surface area (Å²) >= 11 is 0. The lowest BCUT2D eigenvalue weighted by atomic mass is 9.99. The van der Waals surface area contributed by atoms with Crippen molar-refractivity contribution in [1.82, 2.24) is 0 Å². The fourth-order valence-electron chi connectivity index (χ4n) is 1.83. The fourth-order valence-corrected chi connectivity index (χ4v) is 1.83. The standard InChI is InChI=1S/C15H26N2O6/c1-8(2)15(22)11(17)6-14(21)23-7-9(3)12(18)4-10(16)5-13(19)20/h8-11H,4-7,16-17H2,1-3H3,(H,19,20). The van der Waals surface area contributed by atoms with E-state index in [4.69, 9.17) is 21.3 Å². The third-order valence-corrected chi connectivity index (χ3v) is 3.27. The Kier molecular flexibility index (Phi) is 9.28. The average Bonchev–Trinajstić information content (AvgIpc) is 2.42. The van der Waals surface area contributed by atoms with Crippen molar-refractivity contribution in [3.63, 3.8) is 0 Å². The predicted octanol–water partition coefficient (Wildman–Crippen LogP) is -0.131. The second-order valence-corrected chi connectivity index (χ2v) is 5.98. The lowest BCUT2D eigenvalue weighted by molar-refractivity contribution is -0.147. The van der Waals surface area contributed by atoms with Crippen LogP contribution in [0.1, 0.15) is 40.0 Å². The second kappa shape index (κ2) is 10.1. The number of ketones is 2. The van der Waals surface area contributed by atoms with Crippen LogP contribution in [0, 0.1) is 11.8 Å². The van der Waals surface area contributed by atoms with E-state index >= 15 is 0 Å². The van der Waals surface area contributed by atoms with Gasteiger partial charge in [0.25, 0.3) is 0 Å². The van der Waals surface area contributed by atoms with Gasteiger partial charge in [-0.2, -0.15) is 0 Å². The predicted molar refractivity (Wildman–Crippen MR) is 82.4 cm³/mol. The minimum atomic E-state index is -1.08. The molecule has 0 aromatic carbocycles. The van der Waals surface area contributed by atoms with Crippen LogP contribution in [-0.4, -0.2) is 47.3 Å². The fraction of sp³-hybridized carbons (Fsp3) is 0.733. The van der Waals surface area contributed by atoms with Crippen LogP contribution in [0.15, 0.2) is 0 Å². The second-order valence-electron chi connectivity index (χ2n) is 5.98. The molecule has 0 bridgehead atoms. The first kappa shape index (κ1) is 21.2. The first-order chi connectivity index (χ1) is 10.5. The molecule has 0 amide bonds. The van der Waals surface area contributed by atoms with E-state index in [1.54, 1.807) is 20.8 Å². The summed E-state index contributed by atoms with van der Waals surface area (Å²) in [5.41, 5.74) is 11.1. The van der Waals surface area contributed by atoms with Crippen molar-refractivity contribution in [3.8, 4) is 0 Å². The maximum Gasteiger partial charge on any atom is 0.307 e. The van der Waals surface area contributed by atoms with Crippen LogP contribution >= 0.6 is 0 Å². The molecule has 0 saturated carbocycles. The summed E-state index contributed by atoms with van der Waals surface area (Å²) in [6, 6.07) is -1.69. The molecule has 8 heteroatoms. The first-order valence-corrected chi connectivity index (χ1v) is 7.49. The van der Waals surface area contributed by atoms with Gasteiger partial charge in [-0.25, -0.2) is 0 Å². The number of hydrogen-bond acceptors (Lipinski definition) is 7. The highest BCUT2D eigenvalue weighted by Gasteiger charge is 2.23. The molecule has 3 atom stereocenters. The summed E-state index contributed by atoms with van der Waals surface area (Å²) in [6.45, 7) is 4.78. The van der Waals surface area contributed by atoms with E-state index in [9.17, 15) is 19.2 Å². The minimum Gasteiger partial charge on any atom is -0.481 e. The van der Waals surface area contributed by atoms with Crippen molar-refractivity contribution in [1.29, 1.82) is 0 Å². The number of hydrogen-bond donors (Lipinski definition) is 3. The molecule has 0 saturated heterocycles. The monoisotopic (exact) mass is 330 g/mol. The minimum absolute atomic E-state index is 0.101. The zero-order chi connectivity index (χ0) is 18.2. The Labute approximate surface area is 135 Å². The Morgan fingerprint density at radius 2 is 1.57 bits per heavy atom. The Balaban J connectivity index is 4.19. The van der Waals surface area contributed by atoms with Gasteiger partial charge in [-0.1, -0.05) is 20.8 Å². The molecule has 0 rings (SSSR count). The smallest absolute Gasteiger partial charge is 0.307 e. The van der Waals surface area contributed by atoms with Crippen molar-refractivity contribution in [2.45, 2.75) is 52.1 Å². The van der Waals surface area contributed by atoms with Gasteiger partial charge in [-0.05, 0) is 0 Å². The topological polar surface area (TPSA) is 150 Å². The number of carbonyl (C=O) groups is 4. The lowest BCUT2D eigenvalue weighted by Gasteiger charge is -2.15. The van der Waals surface area contributed by atoms with Gasteiger partial charge in [-0.3, -0.25) is 19.2 Å². The molecule has 5 N–H and O–H groups in total. The molecule has 0 aliphatic carbocycles. The number of carboxylic acid groups (broad SMARTS) is 1. The van der Waals surface area contributed by atoms with Crippen LogP contribution in [0.25, 0.3) is 0 Å². The van der Waals surface area contributed by atoms with Crippen LogP contribution in [0.2, 0.25) is 0 Å². The number of aliphatic carboxylic acids is 1. The Morgan fingerprint density at radius 1 is 1.00 bits per heavy atom. The van der Waals surface area contributed by atoms with E-state index in [-0.39, 0.29) is 43.4 Å². The lowest BCUT2D eigenvalue weighted by Crippen LogP contribution is -2.36. The van der Waals surface area contributed by atoms with Gasteiger partial charge < -0.3 is 21.3 Å². The molecule has 8 nitrogen and oxygen atoms in total. The van der Waals surface area contributed by atoms with Crippen LogP contribution in [-0.2, 0) is 23.9 Å². The molecule has 3 unspecified atom stereocenters. The van der Waals surface area contributed by atoms with Gasteiger partial charge in [-0.15, -0.1) is 0 Å². The normalized spacial score (nSPS) is 14.9. The molecule has 23 heavy (non-hydrogen) atoms. The maximum absolute atomic E-state index is 11.8. The Morgan fingerprint density at radius 3 is 2.04 bits per heavy atom. The van der Waals surface area contributed by atoms with Crippen LogP contribution in [0.3, 0.4) is 0 Å². The van der Waals surface area contributed by atoms with Crippen molar-refractivity contribution in [3.05, 3.63) is 0 Å². The highest BCUT2D eigenvalue weighted by atomic mass is 16.5. The van der Waals surface area contributed by atoms with Gasteiger partial charge in [0.05, 0.1) is 18.9 Å². The molecule has 0 aliphatic heterocycles. The van der Waals surface area contributed by atoms with E-state index in [0.717, 1.165) is 0 Å². The summed E-state index contributed by atoms with van der Waals surface area (Å²) in [5.74, 6) is -3.11. The molecule has 0 aliphatic rings. The summed E-state index contributed by atoms with van der Waals surface area (Å²) in [7, 11) is 0. The third-order valence-electron chi connectivity index (χ3n) is 3.27. The van der Waals surface area contributed by atoms with Gasteiger partial charge in [0.15, 0.2) is 5.78 Å². The molecule has 0 aromatic heterocycles. The van der Waals surface area contributed by atoms with E-state index in [1.165, 1.54) is 0 Å². The number of carbonyl (C=O) groups excluding carboxylic acids is 3. The molecular weight excluding hydrogens is 304 g/mol. The van der Waals surface area contributed by atoms with E-state index < -0.39 is 29.9 Å². The number of esters is 1. The first-order valence-electron chi connectivity index (χ1n) is 7.49. The maximum atomic E-state index is 11.8. The Hall–Kier alpha value is -1.80. The molecule has 0 spiro atoms. The zero-order valence-corrected chi connectivity index (χ0v) is 13.8. The Bertz CT molecular complexity index is 449. The van der Waals surface area contributed by atoms with Crippen molar-refractivity contribution in [2.75, 3.05) is 6.61 Å². The number of Topliss-reactive ketones (excluding diaryl/α,β-unsaturated/α-hetero) is 2. The van der Waals surface area contributed by atoms with E-state index in [0.29, 0.717) is 0 Å². The number of rotatable bonds is 11. The summed E-state index contributed by atoms with van der Waals surface area (Å²) in [4.78, 5) is 45.5. The molecule has 132 valence electrons. The van der Waals surface area contributed by atoms with Crippen molar-refractivity contribution in [2.24, 2.45) is 23.3 Å². The van der Waals surface area contributed by atoms with Gasteiger partial charge in [0, 0.05) is 24.3 Å². The molecule has 0 aromatic rings. The summed E-state index contributed by atoms with van der Waals surface area (Å²) in [6.07, 6.45) is -0.642. The van der Waals surface area contributed by atoms with Crippen molar-refractivity contribution >= 4 is 23.5 Å². The SMILES string of the molecule is CC(C)C(=O)C(N)CC(=O)OCC(C)C(=O)CC(N)CC(=O)O. The van der Waals surface area contributed by atoms with Gasteiger partial charge in [0.1, 0.15) is 12.4 Å². The molecule has 0 heterocycles. The zero-order valence-electron chi connectivity index (χ0n) is 13.8. The summed E-state index contributed by atoms with van der Waals surface area (Å²) < 4.78 is 4.94. The molecular formula is C15H26N2O6. The van der Waals surface area contributed by atoms with Crippen LogP contribution in [0.5, 0.6) is 0 Å². The van der Waals surface area contributed by atoms with Gasteiger partial charge >= 0.3 is 11.9 Å².